The zero-order valence-corrected chi connectivity index (χ0v) is 17.8. The maximum absolute atomic E-state index is 10.8. The van der Waals surface area contributed by atoms with E-state index in [2.05, 4.69) is 70.6 Å². The molecule has 0 saturated heterocycles. The molecule has 0 fully saturated rings. The van der Waals surface area contributed by atoms with Crippen LogP contribution in [0, 0.1) is 6.92 Å². The van der Waals surface area contributed by atoms with Gasteiger partial charge in [0.25, 0.3) is 0 Å². The molecular weight excluding hydrogens is 326 g/mol. The van der Waals surface area contributed by atoms with E-state index in [9.17, 15) is 5.11 Å². The van der Waals surface area contributed by atoms with Crippen molar-refractivity contribution in [2.45, 2.75) is 65.1 Å². The van der Waals surface area contributed by atoms with Crippen molar-refractivity contribution in [1.29, 1.82) is 0 Å². The van der Waals surface area contributed by atoms with E-state index in [0.717, 1.165) is 29.7 Å². The second-order valence-corrected chi connectivity index (χ2v) is 10.9. The fourth-order valence-electron chi connectivity index (χ4n) is 4.31. The predicted molar refractivity (Wildman–Crippen MR) is 109 cm³/mol. The van der Waals surface area contributed by atoms with Crippen molar-refractivity contribution < 1.29 is 9.53 Å². The highest BCUT2D eigenvalue weighted by atomic mass is 28.3. The molecule has 1 aliphatic rings. The molecule has 0 aliphatic heterocycles. The highest BCUT2D eigenvalue weighted by Gasteiger charge is 2.29. The number of hydrogen-bond donors (Lipinski definition) is 1. The topological polar surface area (TPSA) is 34.4 Å². The van der Waals surface area contributed by atoms with Crippen LogP contribution in [0.4, 0.5) is 0 Å². The summed E-state index contributed by atoms with van der Waals surface area (Å²) in [6.45, 7) is 13.3. The van der Waals surface area contributed by atoms with Crippen LogP contribution >= 0.6 is 0 Å². The second kappa shape index (κ2) is 6.33. The quantitative estimate of drug-likeness (QED) is 0.769. The first-order valence-electron chi connectivity index (χ1n) is 9.30. The van der Waals surface area contributed by atoms with Gasteiger partial charge in [-0.05, 0) is 50.1 Å². The number of aromatic nitrogens is 1. The molecule has 1 N–H and O–H groups in total. The van der Waals surface area contributed by atoms with Crippen LogP contribution < -0.4 is 4.43 Å². The summed E-state index contributed by atoms with van der Waals surface area (Å²) >= 11 is 0. The normalized spacial score (nSPS) is 17.9. The van der Waals surface area contributed by atoms with Crippen molar-refractivity contribution in [2.75, 3.05) is 0 Å². The van der Waals surface area contributed by atoms with Gasteiger partial charge in [0.1, 0.15) is 5.75 Å². The Morgan fingerprint density at radius 2 is 1.96 bits per heavy atom. The first-order chi connectivity index (χ1) is 11.6. The molecular formula is C21H31NO2Si. The molecule has 4 heteroatoms. The summed E-state index contributed by atoms with van der Waals surface area (Å²) in [6.07, 6.45) is 5.51. The summed E-state index contributed by atoms with van der Waals surface area (Å²) in [5, 5.41) is 12.0. The number of allylic oxidation sites excluding steroid dienone is 1. The monoisotopic (exact) mass is 357 g/mol. The average Bonchev–Trinajstić information content (AvgIpc) is 2.62. The molecule has 0 spiro atoms. The van der Waals surface area contributed by atoms with Gasteiger partial charge in [-0.1, -0.05) is 32.9 Å². The van der Waals surface area contributed by atoms with Gasteiger partial charge < -0.3 is 14.1 Å². The van der Waals surface area contributed by atoms with Crippen molar-refractivity contribution >= 4 is 26.0 Å². The lowest BCUT2D eigenvalue weighted by atomic mass is 9.88. The SMILES string of the molecule is Cc1c(C(C)(C)C)n(C)c2cc3c(c(O[SiH](C)C)c12)C(O)CCC=C3. The van der Waals surface area contributed by atoms with Gasteiger partial charge in [0.2, 0.25) is 9.04 Å². The average molecular weight is 358 g/mol. The van der Waals surface area contributed by atoms with Crippen LogP contribution in [0.1, 0.15) is 62.1 Å². The molecule has 1 aromatic heterocycles. The molecule has 2 aromatic rings. The van der Waals surface area contributed by atoms with Crippen molar-refractivity contribution in [1.82, 2.24) is 4.57 Å². The summed E-state index contributed by atoms with van der Waals surface area (Å²) < 4.78 is 8.76. The van der Waals surface area contributed by atoms with E-state index in [-0.39, 0.29) is 5.41 Å². The van der Waals surface area contributed by atoms with Gasteiger partial charge in [0, 0.05) is 29.1 Å². The molecule has 0 radical (unpaired) electrons. The van der Waals surface area contributed by atoms with Crippen LogP contribution in [0.2, 0.25) is 13.1 Å². The zero-order chi connectivity index (χ0) is 18.5. The largest absolute Gasteiger partial charge is 0.546 e. The van der Waals surface area contributed by atoms with Crippen molar-refractivity contribution in [2.24, 2.45) is 7.05 Å². The summed E-state index contributed by atoms with van der Waals surface area (Å²) in [4.78, 5) is 0. The molecule has 1 atom stereocenters. The number of aryl methyl sites for hydroxylation is 2. The fourth-order valence-corrected chi connectivity index (χ4v) is 5.03. The Morgan fingerprint density at radius 3 is 2.56 bits per heavy atom. The number of nitrogens with zero attached hydrogens (tertiary/aromatic N) is 1. The highest BCUT2D eigenvalue weighted by molar-refractivity contribution is 6.49. The molecule has 25 heavy (non-hydrogen) atoms. The van der Waals surface area contributed by atoms with Gasteiger partial charge in [0.05, 0.1) is 11.6 Å². The number of hydrogen-bond acceptors (Lipinski definition) is 2. The third-order valence-corrected chi connectivity index (χ3v) is 5.77. The van der Waals surface area contributed by atoms with Gasteiger partial charge in [-0.3, -0.25) is 0 Å². The van der Waals surface area contributed by atoms with Crippen LogP contribution in [0.15, 0.2) is 12.1 Å². The molecule has 1 aliphatic carbocycles. The van der Waals surface area contributed by atoms with E-state index in [1.807, 2.05) is 0 Å². The number of benzene rings is 1. The minimum atomic E-state index is -1.31. The number of rotatable bonds is 2. The Hall–Kier alpha value is -1.52. The molecule has 136 valence electrons. The van der Waals surface area contributed by atoms with Crippen molar-refractivity contribution in [3.05, 3.63) is 34.5 Å². The van der Waals surface area contributed by atoms with Gasteiger partial charge in [0.15, 0.2) is 0 Å². The van der Waals surface area contributed by atoms with Crippen LogP contribution in [0.3, 0.4) is 0 Å². The standard InChI is InChI=1S/C21H31NO2Si/c1-13-17-15(22(5)20(13)21(2,3)4)12-14-10-8-9-11-16(23)18(14)19(17)24-25(6)7/h8,10,12,16,23,25H,9,11H2,1-7H3. The van der Waals surface area contributed by atoms with Crippen LogP contribution in [0.5, 0.6) is 5.75 Å². The van der Waals surface area contributed by atoms with Gasteiger partial charge >= 0.3 is 0 Å². The van der Waals surface area contributed by atoms with Gasteiger partial charge in [-0.15, -0.1) is 0 Å². The highest BCUT2D eigenvalue weighted by Crippen LogP contribution is 2.45. The summed E-state index contributed by atoms with van der Waals surface area (Å²) in [5.41, 5.74) is 5.94. The van der Waals surface area contributed by atoms with E-state index in [0.29, 0.717) is 0 Å². The Balaban J connectivity index is 2.46. The summed E-state index contributed by atoms with van der Waals surface area (Å²) in [5.74, 6) is 0.928. The lowest BCUT2D eigenvalue weighted by molar-refractivity contribution is 0.167. The minimum absolute atomic E-state index is 0.0518. The van der Waals surface area contributed by atoms with Crippen LogP contribution in [-0.4, -0.2) is 18.7 Å². The third kappa shape index (κ3) is 3.06. The molecule has 1 heterocycles. The zero-order valence-electron chi connectivity index (χ0n) is 16.6. The van der Waals surface area contributed by atoms with E-state index in [1.54, 1.807) is 0 Å². The van der Waals surface area contributed by atoms with Crippen LogP contribution in [0.25, 0.3) is 17.0 Å². The molecule has 1 aromatic carbocycles. The van der Waals surface area contributed by atoms with E-state index < -0.39 is 15.1 Å². The predicted octanol–water partition coefficient (Wildman–Crippen LogP) is 4.99. The Labute approximate surface area is 153 Å². The lowest BCUT2D eigenvalue weighted by Crippen LogP contribution is -2.17. The summed E-state index contributed by atoms with van der Waals surface area (Å²) in [7, 11) is 0.839. The molecule has 0 amide bonds. The number of aliphatic hydroxyl groups excluding tert-OH is 1. The smallest absolute Gasteiger partial charge is 0.229 e. The Kier molecular flexibility index (Phi) is 4.63. The molecule has 3 nitrogen and oxygen atoms in total. The molecule has 0 saturated carbocycles. The Morgan fingerprint density at radius 1 is 1.28 bits per heavy atom. The van der Waals surface area contributed by atoms with E-state index >= 15 is 0 Å². The first kappa shape index (κ1) is 18.3. The second-order valence-electron chi connectivity index (χ2n) is 8.55. The van der Waals surface area contributed by atoms with Crippen molar-refractivity contribution in [3.8, 4) is 5.75 Å². The first-order valence-corrected chi connectivity index (χ1v) is 12.1. The van der Waals surface area contributed by atoms with Gasteiger partial charge in [-0.2, -0.15) is 0 Å². The van der Waals surface area contributed by atoms with E-state index in [4.69, 9.17) is 4.43 Å². The maximum Gasteiger partial charge on any atom is 0.229 e. The Bertz CT molecular complexity index is 840. The van der Waals surface area contributed by atoms with Crippen LogP contribution in [-0.2, 0) is 12.5 Å². The molecule has 0 bridgehead atoms. The molecule has 3 rings (SSSR count). The minimum Gasteiger partial charge on any atom is -0.546 e. The fraction of sp³-hybridized carbons (Fsp3) is 0.524. The maximum atomic E-state index is 10.8. The third-order valence-electron chi connectivity index (χ3n) is 5.06. The van der Waals surface area contributed by atoms with E-state index in [1.165, 1.54) is 22.2 Å². The lowest BCUT2D eigenvalue weighted by Gasteiger charge is -2.21. The summed E-state index contributed by atoms with van der Waals surface area (Å²) in [6, 6.07) is 2.23. The molecule has 1 unspecified atom stereocenters. The van der Waals surface area contributed by atoms with Gasteiger partial charge in [-0.25, -0.2) is 0 Å². The number of aliphatic hydroxyl groups is 1. The van der Waals surface area contributed by atoms with Crippen molar-refractivity contribution in [3.63, 3.8) is 0 Å². The number of fused-ring (bicyclic) bond motifs is 2.